The van der Waals surface area contributed by atoms with E-state index >= 15 is 0 Å². The van der Waals surface area contributed by atoms with Gasteiger partial charge in [-0.1, -0.05) is 6.92 Å². The summed E-state index contributed by atoms with van der Waals surface area (Å²) in [5.74, 6) is 0.0236. The van der Waals surface area contributed by atoms with Crippen molar-refractivity contribution < 1.29 is 9.21 Å². The lowest BCUT2D eigenvalue weighted by molar-refractivity contribution is -0.123. The van der Waals surface area contributed by atoms with Crippen LogP contribution in [-0.4, -0.2) is 30.0 Å². The van der Waals surface area contributed by atoms with Gasteiger partial charge >= 0.3 is 0 Å². The number of carbonyl (C=O) groups is 1. The standard InChI is InChI=1S/C13H16N4O2/c1-2-10-12(18)15-5-6-17(10)13-16-9-4-3-8(14)7-11(9)19-13/h3-4,7,10H,2,5-6,14H2,1H3,(H,15,18). The van der Waals surface area contributed by atoms with E-state index in [2.05, 4.69) is 10.3 Å². The largest absolute Gasteiger partial charge is 0.423 e. The summed E-state index contributed by atoms with van der Waals surface area (Å²) in [5, 5.41) is 2.86. The number of nitrogens with two attached hydrogens (primary N) is 1. The molecule has 6 heteroatoms. The number of rotatable bonds is 2. The van der Waals surface area contributed by atoms with E-state index in [1.54, 1.807) is 12.1 Å². The van der Waals surface area contributed by atoms with Crippen LogP contribution in [0.1, 0.15) is 13.3 Å². The number of nitrogens with zero attached hydrogens (tertiary/aromatic N) is 2. The number of nitrogens with one attached hydrogen (secondary N) is 1. The molecule has 1 aromatic carbocycles. The van der Waals surface area contributed by atoms with Crippen LogP contribution in [0.3, 0.4) is 0 Å². The first-order valence-corrected chi connectivity index (χ1v) is 6.39. The van der Waals surface area contributed by atoms with Crippen LogP contribution < -0.4 is 16.0 Å². The van der Waals surface area contributed by atoms with E-state index in [4.69, 9.17) is 10.2 Å². The highest BCUT2D eigenvalue weighted by Crippen LogP contribution is 2.26. The van der Waals surface area contributed by atoms with Crippen LogP contribution in [0.15, 0.2) is 22.6 Å². The van der Waals surface area contributed by atoms with Gasteiger partial charge in [0, 0.05) is 24.8 Å². The Morgan fingerprint density at radius 1 is 1.58 bits per heavy atom. The fourth-order valence-electron chi connectivity index (χ4n) is 2.40. The first-order chi connectivity index (χ1) is 9.19. The molecule has 6 nitrogen and oxygen atoms in total. The highest BCUT2D eigenvalue weighted by atomic mass is 16.4. The molecule has 0 bridgehead atoms. The summed E-state index contributed by atoms with van der Waals surface area (Å²) >= 11 is 0. The van der Waals surface area contributed by atoms with Gasteiger partial charge in [0.25, 0.3) is 6.01 Å². The molecule has 1 aliphatic rings. The number of hydrogen-bond donors (Lipinski definition) is 2. The second-order valence-corrected chi connectivity index (χ2v) is 4.63. The average Bonchev–Trinajstić information content (AvgIpc) is 2.81. The Morgan fingerprint density at radius 3 is 3.21 bits per heavy atom. The zero-order valence-electron chi connectivity index (χ0n) is 10.7. The fraction of sp³-hybridized carbons (Fsp3) is 0.385. The average molecular weight is 260 g/mol. The van der Waals surface area contributed by atoms with E-state index < -0.39 is 0 Å². The second-order valence-electron chi connectivity index (χ2n) is 4.63. The predicted octanol–water partition coefficient (Wildman–Crippen LogP) is 1.12. The number of nitrogen functional groups attached to an aromatic ring is 1. The van der Waals surface area contributed by atoms with Gasteiger partial charge in [-0.2, -0.15) is 4.98 Å². The van der Waals surface area contributed by atoms with Gasteiger partial charge in [-0.25, -0.2) is 0 Å². The lowest BCUT2D eigenvalue weighted by Crippen LogP contribution is -2.55. The van der Waals surface area contributed by atoms with Crippen LogP contribution in [0.2, 0.25) is 0 Å². The van der Waals surface area contributed by atoms with Crippen molar-refractivity contribution in [1.29, 1.82) is 0 Å². The monoisotopic (exact) mass is 260 g/mol. The molecule has 2 heterocycles. The van der Waals surface area contributed by atoms with Crippen molar-refractivity contribution >= 4 is 28.7 Å². The summed E-state index contributed by atoms with van der Waals surface area (Å²) in [4.78, 5) is 18.2. The van der Waals surface area contributed by atoms with Crippen LogP contribution in [0.25, 0.3) is 11.1 Å². The van der Waals surface area contributed by atoms with Crippen molar-refractivity contribution in [1.82, 2.24) is 10.3 Å². The maximum absolute atomic E-state index is 11.8. The maximum atomic E-state index is 11.8. The van der Waals surface area contributed by atoms with Gasteiger partial charge < -0.3 is 20.4 Å². The quantitative estimate of drug-likeness (QED) is 0.791. The Bertz CT molecular complexity index is 622. The summed E-state index contributed by atoms with van der Waals surface area (Å²) < 4.78 is 5.72. The SMILES string of the molecule is CCC1C(=O)NCCN1c1nc2ccc(N)cc2o1. The number of benzene rings is 1. The number of amides is 1. The van der Waals surface area contributed by atoms with E-state index in [0.29, 0.717) is 36.8 Å². The van der Waals surface area contributed by atoms with Gasteiger partial charge in [0.1, 0.15) is 11.6 Å². The maximum Gasteiger partial charge on any atom is 0.299 e. The topological polar surface area (TPSA) is 84.4 Å². The molecule has 1 atom stereocenters. The summed E-state index contributed by atoms with van der Waals surface area (Å²) in [6, 6.07) is 5.62. The number of hydrogen-bond acceptors (Lipinski definition) is 5. The van der Waals surface area contributed by atoms with Gasteiger partial charge in [0.2, 0.25) is 5.91 Å². The third-order valence-electron chi connectivity index (χ3n) is 3.36. The molecule has 1 fully saturated rings. The second kappa shape index (κ2) is 4.46. The van der Waals surface area contributed by atoms with Crippen molar-refractivity contribution in [2.75, 3.05) is 23.7 Å². The third-order valence-corrected chi connectivity index (χ3v) is 3.36. The molecule has 2 aromatic rings. The number of anilines is 2. The predicted molar refractivity (Wildman–Crippen MR) is 72.9 cm³/mol. The number of oxazole rings is 1. The molecule has 1 amide bonds. The minimum absolute atomic E-state index is 0.0236. The van der Waals surface area contributed by atoms with E-state index in [-0.39, 0.29) is 11.9 Å². The molecule has 1 aromatic heterocycles. The van der Waals surface area contributed by atoms with Gasteiger partial charge in [-0.3, -0.25) is 4.79 Å². The molecule has 1 aliphatic heterocycles. The molecule has 0 aliphatic carbocycles. The van der Waals surface area contributed by atoms with Gasteiger partial charge in [0.05, 0.1) is 0 Å². The van der Waals surface area contributed by atoms with Crippen molar-refractivity contribution in [3.05, 3.63) is 18.2 Å². The van der Waals surface area contributed by atoms with E-state index in [1.165, 1.54) is 0 Å². The zero-order chi connectivity index (χ0) is 13.4. The van der Waals surface area contributed by atoms with Crippen molar-refractivity contribution in [3.8, 4) is 0 Å². The highest BCUT2D eigenvalue weighted by molar-refractivity contribution is 5.86. The number of fused-ring (bicyclic) bond motifs is 1. The first kappa shape index (κ1) is 11.8. The zero-order valence-corrected chi connectivity index (χ0v) is 10.7. The van der Waals surface area contributed by atoms with Crippen LogP contribution in [0.5, 0.6) is 0 Å². The Balaban J connectivity index is 2.00. The summed E-state index contributed by atoms with van der Waals surface area (Å²) in [7, 11) is 0. The number of carbonyl (C=O) groups excluding carboxylic acids is 1. The van der Waals surface area contributed by atoms with Crippen molar-refractivity contribution in [2.24, 2.45) is 0 Å². The van der Waals surface area contributed by atoms with Crippen LogP contribution in [-0.2, 0) is 4.79 Å². The molecule has 19 heavy (non-hydrogen) atoms. The Labute approximate surface area is 110 Å². The number of aromatic nitrogens is 1. The van der Waals surface area contributed by atoms with Gasteiger partial charge in [-0.15, -0.1) is 0 Å². The smallest absolute Gasteiger partial charge is 0.299 e. The van der Waals surface area contributed by atoms with E-state index in [1.807, 2.05) is 17.9 Å². The minimum Gasteiger partial charge on any atom is -0.423 e. The molecular formula is C13H16N4O2. The molecule has 3 N–H and O–H groups in total. The molecule has 1 unspecified atom stereocenters. The number of piperazine rings is 1. The van der Waals surface area contributed by atoms with Crippen LogP contribution in [0, 0.1) is 0 Å². The Morgan fingerprint density at radius 2 is 2.42 bits per heavy atom. The van der Waals surface area contributed by atoms with Crippen molar-refractivity contribution in [2.45, 2.75) is 19.4 Å². The van der Waals surface area contributed by atoms with Crippen molar-refractivity contribution in [3.63, 3.8) is 0 Å². The normalized spacial score (nSPS) is 19.7. The minimum atomic E-state index is -0.223. The Kier molecular flexibility index (Phi) is 2.77. The van der Waals surface area contributed by atoms with Crippen LogP contribution in [0.4, 0.5) is 11.7 Å². The molecule has 0 spiro atoms. The molecule has 0 radical (unpaired) electrons. The first-order valence-electron chi connectivity index (χ1n) is 6.39. The summed E-state index contributed by atoms with van der Waals surface area (Å²) in [5.41, 5.74) is 7.76. The highest BCUT2D eigenvalue weighted by Gasteiger charge is 2.31. The van der Waals surface area contributed by atoms with E-state index in [0.717, 1.165) is 5.52 Å². The molecule has 0 saturated carbocycles. The molecule has 1 saturated heterocycles. The molecule has 3 rings (SSSR count). The van der Waals surface area contributed by atoms with Gasteiger partial charge in [-0.05, 0) is 18.6 Å². The Hall–Kier alpha value is -2.24. The lowest BCUT2D eigenvalue weighted by atomic mass is 10.1. The van der Waals surface area contributed by atoms with Crippen LogP contribution >= 0.6 is 0 Å². The van der Waals surface area contributed by atoms with Gasteiger partial charge in [0.15, 0.2) is 5.58 Å². The van der Waals surface area contributed by atoms with E-state index in [9.17, 15) is 4.79 Å². The lowest BCUT2D eigenvalue weighted by Gasteiger charge is -2.33. The summed E-state index contributed by atoms with van der Waals surface area (Å²) in [6.45, 7) is 3.28. The molecular weight excluding hydrogens is 244 g/mol. The fourth-order valence-corrected chi connectivity index (χ4v) is 2.40. The third kappa shape index (κ3) is 1.99. The summed E-state index contributed by atoms with van der Waals surface area (Å²) in [6.07, 6.45) is 0.715. The molecule has 100 valence electrons.